The fraction of sp³-hybridized carbons (Fsp3) is 0.269. The van der Waals surface area contributed by atoms with Crippen molar-refractivity contribution in [1.82, 2.24) is 9.80 Å². The van der Waals surface area contributed by atoms with E-state index in [0.29, 0.717) is 30.8 Å². The first-order chi connectivity index (χ1) is 15.5. The van der Waals surface area contributed by atoms with E-state index < -0.39 is 29.4 Å². The van der Waals surface area contributed by atoms with Crippen molar-refractivity contribution in [3.8, 4) is 0 Å². The Morgan fingerprint density at radius 3 is 2.16 bits per heavy atom. The smallest absolute Gasteiger partial charge is 0.411 e. The van der Waals surface area contributed by atoms with Gasteiger partial charge in [0.1, 0.15) is 11.6 Å². The number of piperazine rings is 1. The molecule has 1 unspecified atom stereocenters. The lowest BCUT2D eigenvalue weighted by atomic mass is 9.79. The molecule has 2 aliphatic heterocycles. The zero-order valence-electron chi connectivity index (χ0n) is 17.8. The monoisotopic (exact) mass is 434 g/mol. The number of ether oxygens (including phenoxy) is 1. The van der Waals surface area contributed by atoms with Gasteiger partial charge in [0, 0.05) is 37.3 Å². The van der Waals surface area contributed by atoms with Gasteiger partial charge < -0.3 is 4.74 Å². The van der Waals surface area contributed by atoms with Crippen LogP contribution >= 0.6 is 0 Å². The van der Waals surface area contributed by atoms with Crippen molar-refractivity contribution in [3.05, 3.63) is 107 Å². The number of aryl methyl sites for hydroxylation is 1. The molecule has 0 N–H and O–H groups in total. The summed E-state index contributed by atoms with van der Waals surface area (Å²) in [6.07, 6.45) is -0.460. The highest BCUT2D eigenvalue weighted by Crippen LogP contribution is 2.46. The second-order valence-corrected chi connectivity index (χ2v) is 8.55. The quantitative estimate of drug-likeness (QED) is 0.588. The number of hydrogen-bond donors (Lipinski definition) is 0. The molecule has 0 bridgehead atoms. The fourth-order valence-electron chi connectivity index (χ4n) is 4.87. The van der Waals surface area contributed by atoms with Gasteiger partial charge in [0.05, 0.1) is 6.04 Å². The largest absolute Gasteiger partial charge is 0.431 e. The normalized spacial score (nSPS) is 20.2. The maximum absolute atomic E-state index is 14.3. The van der Waals surface area contributed by atoms with Crippen LogP contribution < -0.4 is 0 Å². The van der Waals surface area contributed by atoms with Crippen molar-refractivity contribution < 1.29 is 18.3 Å². The van der Waals surface area contributed by atoms with Crippen molar-refractivity contribution >= 4 is 6.09 Å². The third-order valence-corrected chi connectivity index (χ3v) is 6.45. The van der Waals surface area contributed by atoms with Gasteiger partial charge in [-0.25, -0.2) is 13.6 Å². The molecule has 32 heavy (non-hydrogen) atoms. The zero-order valence-corrected chi connectivity index (χ0v) is 17.8. The Hall–Kier alpha value is -3.25. The molecule has 0 aliphatic carbocycles. The number of amides is 1. The van der Waals surface area contributed by atoms with E-state index in [2.05, 4.69) is 36.1 Å². The van der Waals surface area contributed by atoms with Gasteiger partial charge in [-0.15, -0.1) is 0 Å². The number of nitrogens with zero attached hydrogens (tertiary/aromatic N) is 2. The summed E-state index contributed by atoms with van der Waals surface area (Å²) in [6, 6.07) is 20.1. The summed E-state index contributed by atoms with van der Waals surface area (Å²) in [5, 5.41) is 0. The number of cyclic esters (lactones) is 1. The Morgan fingerprint density at radius 2 is 1.56 bits per heavy atom. The van der Waals surface area contributed by atoms with Crippen LogP contribution in [-0.2, 0) is 16.9 Å². The van der Waals surface area contributed by atoms with Gasteiger partial charge in [-0.1, -0.05) is 54.1 Å². The van der Waals surface area contributed by atoms with Crippen LogP contribution in [0.5, 0.6) is 0 Å². The van der Waals surface area contributed by atoms with Crippen LogP contribution in [0.15, 0.2) is 72.8 Å². The molecule has 1 atom stereocenters. The van der Waals surface area contributed by atoms with Crippen LogP contribution in [0.2, 0.25) is 0 Å². The molecule has 0 aromatic heterocycles. The van der Waals surface area contributed by atoms with E-state index >= 15 is 0 Å². The van der Waals surface area contributed by atoms with Gasteiger partial charge in [-0.3, -0.25) is 9.80 Å². The minimum Gasteiger partial charge on any atom is -0.431 e. The summed E-state index contributed by atoms with van der Waals surface area (Å²) in [5.74, 6) is -0.861. The number of carbonyl (C=O) groups excluding carboxylic acids is 1. The predicted molar refractivity (Wildman–Crippen MR) is 117 cm³/mol. The Bertz CT molecular complexity index is 1100. The number of halogens is 2. The summed E-state index contributed by atoms with van der Waals surface area (Å²) in [6.45, 7) is 4.48. The Kier molecular flexibility index (Phi) is 5.18. The number of benzene rings is 3. The molecule has 0 spiro atoms. The SMILES string of the molecule is Cc1ccc(CN2CCN3C(=O)OC(c4cccc(F)c4)(c4cccc(F)c4)C3C2)cc1. The lowest BCUT2D eigenvalue weighted by molar-refractivity contribution is 0.0411. The van der Waals surface area contributed by atoms with E-state index in [9.17, 15) is 13.6 Å². The van der Waals surface area contributed by atoms with Crippen LogP contribution in [-0.4, -0.2) is 41.6 Å². The van der Waals surface area contributed by atoms with Gasteiger partial charge >= 0.3 is 6.09 Å². The Labute approximate surface area is 186 Å². The van der Waals surface area contributed by atoms with E-state index in [1.807, 2.05) is 0 Å². The average Bonchev–Trinajstić information content (AvgIpc) is 3.08. The lowest BCUT2D eigenvalue weighted by Gasteiger charge is -2.42. The Balaban J connectivity index is 1.57. The third-order valence-electron chi connectivity index (χ3n) is 6.45. The summed E-state index contributed by atoms with van der Waals surface area (Å²) in [5.41, 5.74) is 2.08. The summed E-state index contributed by atoms with van der Waals surface area (Å²) in [4.78, 5) is 16.9. The van der Waals surface area contributed by atoms with Gasteiger partial charge in [0.25, 0.3) is 0 Å². The van der Waals surface area contributed by atoms with Crippen molar-refractivity contribution in [2.24, 2.45) is 0 Å². The molecule has 4 nitrogen and oxygen atoms in total. The number of hydrogen-bond acceptors (Lipinski definition) is 3. The molecule has 164 valence electrons. The van der Waals surface area contributed by atoms with Crippen LogP contribution in [0.25, 0.3) is 0 Å². The molecule has 2 saturated heterocycles. The van der Waals surface area contributed by atoms with Crippen LogP contribution in [0, 0.1) is 18.6 Å². The first-order valence-corrected chi connectivity index (χ1v) is 10.8. The molecule has 6 heteroatoms. The highest BCUT2D eigenvalue weighted by Gasteiger charge is 2.58. The molecule has 2 aliphatic rings. The molecule has 1 amide bonds. The van der Waals surface area contributed by atoms with Gasteiger partial charge in [-0.05, 0) is 36.8 Å². The zero-order chi connectivity index (χ0) is 22.3. The van der Waals surface area contributed by atoms with E-state index in [1.165, 1.54) is 35.4 Å². The van der Waals surface area contributed by atoms with Crippen LogP contribution in [0.1, 0.15) is 22.3 Å². The van der Waals surface area contributed by atoms with Gasteiger partial charge in [0.2, 0.25) is 0 Å². The van der Waals surface area contributed by atoms with E-state index in [0.717, 1.165) is 6.54 Å². The molecule has 2 fully saturated rings. The van der Waals surface area contributed by atoms with Crippen molar-refractivity contribution in [1.29, 1.82) is 0 Å². The van der Waals surface area contributed by atoms with Crippen molar-refractivity contribution in [2.75, 3.05) is 19.6 Å². The lowest BCUT2D eigenvalue weighted by Crippen LogP contribution is -2.56. The molecular weight excluding hydrogens is 410 g/mol. The highest BCUT2D eigenvalue weighted by molar-refractivity contribution is 5.74. The van der Waals surface area contributed by atoms with Gasteiger partial charge in [0.15, 0.2) is 5.60 Å². The molecular formula is C26H24F2N2O2. The minimum absolute atomic E-state index is 0.419. The Morgan fingerprint density at radius 1 is 0.938 bits per heavy atom. The molecule has 3 aromatic rings. The number of carbonyl (C=O) groups is 1. The number of rotatable bonds is 4. The molecule has 2 heterocycles. The first-order valence-electron chi connectivity index (χ1n) is 10.8. The van der Waals surface area contributed by atoms with E-state index in [-0.39, 0.29) is 0 Å². The minimum atomic E-state index is -1.30. The molecule has 0 saturated carbocycles. The highest BCUT2D eigenvalue weighted by atomic mass is 19.1. The standard InChI is InChI=1S/C26H24F2N2O2/c1-18-8-10-19(11-9-18)16-29-12-13-30-24(17-29)26(32-25(30)31,20-4-2-6-22(27)14-20)21-5-3-7-23(28)15-21/h2-11,14-15,24H,12-13,16-17H2,1H3. The predicted octanol–water partition coefficient (Wildman–Crippen LogP) is 4.85. The molecule has 0 radical (unpaired) electrons. The fourth-order valence-corrected chi connectivity index (χ4v) is 4.87. The van der Waals surface area contributed by atoms with Crippen molar-refractivity contribution in [3.63, 3.8) is 0 Å². The van der Waals surface area contributed by atoms with Crippen LogP contribution in [0.3, 0.4) is 0 Å². The second kappa shape index (κ2) is 8.02. The maximum atomic E-state index is 14.3. The van der Waals surface area contributed by atoms with E-state index in [4.69, 9.17) is 4.74 Å². The molecule has 5 rings (SSSR count). The maximum Gasteiger partial charge on any atom is 0.411 e. The summed E-state index contributed by atoms with van der Waals surface area (Å²) < 4.78 is 34.5. The molecule has 3 aromatic carbocycles. The van der Waals surface area contributed by atoms with E-state index in [1.54, 1.807) is 29.2 Å². The summed E-state index contributed by atoms with van der Waals surface area (Å²) >= 11 is 0. The second-order valence-electron chi connectivity index (χ2n) is 8.55. The van der Waals surface area contributed by atoms with Crippen molar-refractivity contribution in [2.45, 2.75) is 25.1 Å². The summed E-state index contributed by atoms with van der Waals surface area (Å²) in [7, 11) is 0. The van der Waals surface area contributed by atoms with Crippen LogP contribution in [0.4, 0.5) is 13.6 Å². The topological polar surface area (TPSA) is 32.8 Å². The third kappa shape index (κ3) is 3.54. The number of fused-ring (bicyclic) bond motifs is 1. The average molecular weight is 434 g/mol. The van der Waals surface area contributed by atoms with Gasteiger partial charge in [-0.2, -0.15) is 0 Å². The first kappa shape index (κ1) is 20.6.